The zero-order valence-electron chi connectivity index (χ0n) is 41.3. The monoisotopic (exact) mass is 1040 g/mol. The van der Waals surface area contributed by atoms with E-state index < -0.39 is 51.9 Å². The number of carbonyl (C=O) groups excluding carboxylic acids is 4. The van der Waals surface area contributed by atoms with E-state index in [1.807, 2.05) is 33.2 Å². The lowest BCUT2D eigenvalue weighted by Crippen LogP contribution is -2.57. The third-order valence-corrected chi connectivity index (χ3v) is 14.2. The molecule has 2 atom stereocenters. The summed E-state index contributed by atoms with van der Waals surface area (Å²) in [6.07, 6.45) is -2.93. The molecule has 0 radical (unpaired) electrons. The summed E-state index contributed by atoms with van der Waals surface area (Å²) in [5.74, 6) is -2.00. The summed E-state index contributed by atoms with van der Waals surface area (Å²) in [5.41, 5.74) is 2.63. The Morgan fingerprint density at radius 3 is 2.29 bits per heavy atom. The highest BCUT2D eigenvalue weighted by Gasteiger charge is 2.51. The third-order valence-electron chi connectivity index (χ3n) is 12.8. The number of hydrogen-bond acceptors (Lipinski definition) is 10. The number of nitrogens with one attached hydrogen (secondary N) is 3. The van der Waals surface area contributed by atoms with Gasteiger partial charge in [-0.2, -0.15) is 18.4 Å². The van der Waals surface area contributed by atoms with E-state index in [-0.39, 0.29) is 53.9 Å². The summed E-state index contributed by atoms with van der Waals surface area (Å²) in [5, 5.41) is 17.9. The minimum absolute atomic E-state index is 0.0626. The molecule has 4 aromatic carbocycles. The molecule has 1 unspecified atom stereocenters. The van der Waals surface area contributed by atoms with E-state index >= 15 is 4.39 Å². The number of nitrogens with zero attached hydrogens (tertiary/aromatic N) is 5. The van der Waals surface area contributed by atoms with Gasteiger partial charge in [0.2, 0.25) is 17.7 Å². The van der Waals surface area contributed by atoms with E-state index in [1.54, 1.807) is 46.6 Å². The fourth-order valence-electron chi connectivity index (χ4n) is 8.84. The van der Waals surface area contributed by atoms with Gasteiger partial charge < -0.3 is 30.5 Å². The average Bonchev–Trinajstić information content (AvgIpc) is 4.06. The molecule has 0 aliphatic carbocycles. The number of aryl methyl sites for hydroxylation is 1. The Hall–Kier alpha value is -7.17. The zero-order chi connectivity index (χ0) is 53.0. The predicted molar refractivity (Wildman–Crippen MR) is 277 cm³/mol. The van der Waals surface area contributed by atoms with Crippen molar-refractivity contribution in [3.63, 3.8) is 0 Å². The van der Waals surface area contributed by atoms with Gasteiger partial charge in [-0.1, -0.05) is 69.8 Å². The zero-order valence-corrected chi connectivity index (χ0v) is 42.9. The van der Waals surface area contributed by atoms with Gasteiger partial charge in [0.1, 0.15) is 23.1 Å². The summed E-state index contributed by atoms with van der Waals surface area (Å²) in [4.78, 5) is 63.1. The molecule has 0 spiro atoms. The van der Waals surface area contributed by atoms with E-state index in [1.165, 1.54) is 43.0 Å². The smallest absolute Gasteiger partial charge is 0.417 e. The van der Waals surface area contributed by atoms with Crippen molar-refractivity contribution < 1.29 is 41.5 Å². The van der Waals surface area contributed by atoms with Crippen LogP contribution in [0, 0.1) is 29.5 Å². The number of nitriles is 1. The number of ether oxygens (including phenoxy) is 1. The van der Waals surface area contributed by atoms with Gasteiger partial charge in [-0.05, 0) is 122 Å². The molecule has 13 nitrogen and oxygen atoms in total. The van der Waals surface area contributed by atoms with Crippen LogP contribution in [0.25, 0.3) is 21.6 Å². The maximum absolute atomic E-state index is 15.9. The van der Waals surface area contributed by atoms with E-state index in [9.17, 15) is 37.6 Å². The van der Waals surface area contributed by atoms with Crippen molar-refractivity contribution in [3.8, 4) is 33.4 Å². The number of hydrogen-bond donors (Lipinski definition) is 3. The molecule has 7 rings (SSSR count). The molecule has 3 N–H and O–H groups in total. The molecule has 2 fully saturated rings. The van der Waals surface area contributed by atoms with Crippen LogP contribution in [0.2, 0.25) is 0 Å². The molecule has 2 aliphatic heterocycles. The van der Waals surface area contributed by atoms with Gasteiger partial charge in [-0.25, -0.2) is 9.37 Å². The molecule has 0 bridgehead atoms. The number of likely N-dealkylation sites (tertiary alicyclic amines) is 1. The molecule has 2 aliphatic rings. The van der Waals surface area contributed by atoms with Crippen LogP contribution in [-0.4, -0.2) is 75.9 Å². The molecule has 1 aromatic heterocycles. The van der Waals surface area contributed by atoms with Crippen LogP contribution < -0.4 is 30.5 Å². The minimum Gasteiger partial charge on any atom is -0.494 e. The van der Waals surface area contributed by atoms with Crippen LogP contribution in [0.5, 0.6) is 5.75 Å². The van der Waals surface area contributed by atoms with Gasteiger partial charge in [0, 0.05) is 25.2 Å². The Kier molecular flexibility index (Phi) is 16.1. The standard InChI is InChI=1S/C54H56F4N8O5S2/c1-32(60-29-34-12-14-36(15-13-34)47-33(2)62-31-73-47)43-10-8-24-64(43)49(69)48(52(3,4)5)63-46(68)30-61-45(67)11-9-25-71-40-21-17-35(18-22-40)37-19-23-44(42(55)26-37)66-51(72)65(50(70)53(66,6)7)39-20-16-38(28-59)41(27-39)54(56,57)58/h12-23,26-27,31,43,48,60H,1,8-11,24-25,29-30H2,2-7H3,(H,61,67)(H,63,68)/t43-,48?/m0/s1. The van der Waals surface area contributed by atoms with Crippen LogP contribution in [-0.2, 0) is 31.9 Å². The number of anilines is 2. The molecule has 3 heterocycles. The van der Waals surface area contributed by atoms with Gasteiger partial charge in [-0.3, -0.25) is 24.1 Å². The van der Waals surface area contributed by atoms with Gasteiger partial charge in [0.15, 0.2) is 5.11 Å². The lowest BCUT2D eigenvalue weighted by molar-refractivity contribution is -0.139. The Morgan fingerprint density at radius 1 is 0.973 bits per heavy atom. The summed E-state index contributed by atoms with van der Waals surface area (Å²) in [7, 11) is 0. The number of thiocarbonyl (C=S) groups is 1. The summed E-state index contributed by atoms with van der Waals surface area (Å²) in [6.45, 7) is 15.8. The quantitative estimate of drug-likeness (QED) is 0.0465. The van der Waals surface area contributed by atoms with Crippen LogP contribution >= 0.6 is 23.6 Å². The fraction of sp³-hybridized carbons (Fsp3) is 0.352. The minimum atomic E-state index is -4.87. The third kappa shape index (κ3) is 12.0. The Morgan fingerprint density at radius 2 is 1.66 bits per heavy atom. The van der Waals surface area contributed by atoms with E-state index in [0.29, 0.717) is 42.5 Å². The lowest BCUT2D eigenvalue weighted by Gasteiger charge is -2.36. The molecule has 382 valence electrons. The first-order valence-electron chi connectivity index (χ1n) is 23.6. The van der Waals surface area contributed by atoms with E-state index in [0.717, 1.165) is 51.2 Å². The van der Waals surface area contributed by atoms with Gasteiger partial charge in [-0.15, -0.1) is 11.3 Å². The number of carbonyl (C=O) groups is 4. The maximum Gasteiger partial charge on any atom is 0.417 e. The number of benzene rings is 4. The second-order valence-corrected chi connectivity index (χ2v) is 20.7. The highest BCUT2D eigenvalue weighted by molar-refractivity contribution is 7.81. The topological polar surface area (TPSA) is 160 Å². The van der Waals surface area contributed by atoms with E-state index in [2.05, 4.69) is 51.8 Å². The number of rotatable bonds is 17. The van der Waals surface area contributed by atoms with E-state index in [4.69, 9.17) is 17.0 Å². The SMILES string of the molecule is C=C(NCc1ccc(-c2scnc2C)cc1)[C@@H]1CCCN1C(=O)C(NC(=O)CNC(=O)CCCOc1ccc(-c2ccc(N3C(=S)N(c4ccc(C#N)c(C(F)(F)F)c4)C(=O)C3(C)C)c(F)c2)cc1)C(C)(C)C. The van der Waals surface area contributed by atoms with Crippen LogP contribution in [0.15, 0.2) is 103 Å². The Bertz CT molecular complexity index is 2960. The summed E-state index contributed by atoms with van der Waals surface area (Å²) >= 11 is 7.17. The second-order valence-electron chi connectivity index (χ2n) is 19.5. The molecule has 0 saturated carbocycles. The average molecular weight is 1040 g/mol. The molecule has 5 aromatic rings. The van der Waals surface area contributed by atoms with Gasteiger partial charge in [0.25, 0.3) is 5.91 Å². The first-order valence-corrected chi connectivity index (χ1v) is 24.9. The number of alkyl halides is 3. The van der Waals surface area contributed by atoms with Gasteiger partial charge in [0.05, 0.1) is 63.8 Å². The van der Waals surface area contributed by atoms with Crippen molar-refractivity contribution in [2.75, 3.05) is 29.5 Å². The molecule has 73 heavy (non-hydrogen) atoms. The number of aromatic nitrogens is 1. The van der Waals surface area contributed by atoms with Crippen LogP contribution in [0.4, 0.5) is 28.9 Å². The first kappa shape index (κ1) is 53.6. The van der Waals surface area contributed by atoms with Gasteiger partial charge >= 0.3 is 6.18 Å². The Balaban J connectivity index is 0.861. The molecular weight excluding hydrogens is 981 g/mol. The predicted octanol–water partition coefficient (Wildman–Crippen LogP) is 9.83. The maximum atomic E-state index is 15.9. The first-order chi connectivity index (χ1) is 34.5. The van der Waals surface area contributed by atoms with Crippen LogP contribution in [0.3, 0.4) is 0 Å². The number of halogens is 4. The second kappa shape index (κ2) is 21.9. The molecule has 2 saturated heterocycles. The number of amides is 4. The van der Waals surface area contributed by atoms with Crippen molar-refractivity contribution in [1.29, 1.82) is 5.26 Å². The van der Waals surface area contributed by atoms with Crippen molar-refractivity contribution in [1.82, 2.24) is 25.8 Å². The summed E-state index contributed by atoms with van der Waals surface area (Å²) < 4.78 is 63.1. The number of thiazole rings is 1. The van der Waals surface area contributed by atoms with Crippen molar-refractivity contribution >= 4 is 63.7 Å². The normalized spacial score (nSPS) is 16.0. The van der Waals surface area contributed by atoms with Crippen molar-refractivity contribution in [2.24, 2.45) is 5.41 Å². The van der Waals surface area contributed by atoms with Crippen LogP contribution in [0.1, 0.15) is 82.7 Å². The largest absolute Gasteiger partial charge is 0.494 e. The highest BCUT2D eigenvalue weighted by Crippen LogP contribution is 2.41. The van der Waals surface area contributed by atoms with Crippen molar-refractivity contribution in [2.45, 2.75) is 97.6 Å². The lowest BCUT2D eigenvalue weighted by atomic mass is 9.85. The fourth-order valence-corrected chi connectivity index (χ4v) is 10.2. The highest BCUT2D eigenvalue weighted by atomic mass is 32.1. The molecule has 4 amide bonds. The summed E-state index contributed by atoms with van der Waals surface area (Å²) in [6, 6.07) is 22.6. The Labute approximate surface area is 431 Å². The molecule has 19 heteroatoms. The van der Waals surface area contributed by atoms with Crippen molar-refractivity contribution in [3.05, 3.63) is 131 Å². The molecular formula is C54H56F4N8O5S2.